The van der Waals surface area contributed by atoms with E-state index in [2.05, 4.69) is 5.16 Å². The summed E-state index contributed by atoms with van der Waals surface area (Å²) >= 11 is 0. The molecule has 9 heteroatoms. The van der Waals surface area contributed by atoms with E-state index in [1.54, 1.807) is 41.2 Å². The highest BCUT2D eigenvalue weighted by Crippen LogP contribution is 2.41. The summed E-state index contributed by atoms with van der Waals surface area (Å²) in [6.07, 6.45) is 4.52. The summed E-state index contributed by atoms with van der Waals surface area (Å²) in [7, 11) is 4.73. The molecule has 2 aromatic rings. The zero-order valence-electron chi connectivity index (χ0n) is 22.0. The normalized spacial score (nSPS) is 17.4. The lowest BCUT2D eigenvalue weighted by atomic mass is 9.77. The van der Waals surface area contributed by atoms with E-state index in [0.29, 0.717) is 66.0 Å². The van der Waals surface area contributed by atoms with E-state index >= 15 is 0 Å². The van der Waals surface area contributed by atoms with Crippen LogP contribution in [0.5, 0.6) is 17.2 Å². The number of carbonyl (C=O) groups excluding carboxylic acids is 2. The summed E-state index contributed by atoms with van der Waals surface area (Å²) in [5.41, 5.74) is 2.63. The number of likely N-dealkylation sites (tertiary alicyclic amines) is 2. The Labute approximate surface area is 212 Å². The van der Waals surface area contributed by atoms with Gasteiger partial charge in [-0.3, -0.25) is 9.59 Å². The molecule has 2 aliphatic rings. The SMILES string of the molecule is COc1cc(OC)c(OC)cc1/C=C(\C)C(=O)N1CCC2(CCN(C(=O)c3c(C)noc3C)CC2)C1. The number of ether oxygens (including phenoxy) is 3. The quantitative estimate of drug-likeness (QED) is 0.559. The molecule has 2 saturated heterocycles. The van der Waals surface area contributed by atoms with E-state index in [9.17, 15) is 9.59 Å². The monoisotopic (exact) mass is 497 g/mol. The molecule has 9 nitrogen and oxygen atoms in total. The Kier molecular flexibility index (Phi) is 7.28. The molecule has 36 heavy (non-hydrogen) atoms. The minimum atomic E-state index is -0.0188. The second-order valence-electron chi connectivity index (χ2n) is 9.74. The highest BCUT2D eigenvalue weighted by Gasteiger charge is 2.43. The molecule has 0 bridgehead atoms. The van der Waals surface area contributed by atoms with E-state index in [1.807, 2.05) is 28.9 Å². The third kappa shape index (κ3) is 4.79. The second kappa shape index (κ2) is 10.2. The van der Waals surface area contributed by atoms with Gasteiger partial charge in [-0.1, -0.05) is 5.16 Å². The third-order valence-corrected chi connectivity index (χ3v) is 7.53. The van der Waals surface area contributed by atoms with E-state index in [-0.39, 0.29) is 17.2 Å². The van der Waals surface area contributed by atoms with Crippen LogP contribution in [0.4, 0.5) is 0 Å². The molecule has 0 N–H and O–H groups in total. The molecular formula is C27H35N3O6. The molecule has 0 saturated carbocycles. The minimum Gasteiger partial charge on any atom is -0.496 e. The van der Waals surface area contributed by atoms with Crippen LogP contribution in [0.25, 0.3) is 6.08 Å². The minimum absolute atomic E-state index is 0.0120. The van der Waals surface area contributed by atoms with E-state index < -0.39 is 0 Å². The first-order valence-corrected chi connectivity index (χ1v) is 12.2. The number of carbonyl (C=O) groups is 2. The van der Waals surface area contributed by atoms with Gasteiger partial charge in [0.2, 0.25) is 5.91 Å². The first-order valence-electron chi connectivity index (χ1n) is 12.2. The van der Waals surface area contributed by atoms with Crippen molar-refractivity contribution < 1.29 is 28.3 Å². The molecule has 2 fully saturated rings. The van der Waals surface area contributed by atoms with Gasteiger partial charge in [-0.05, 0) is 57.6 Å². The van der Waals surface area contributed by atoms with Crippen LogP contribution in [0, 0.1) is 19.3 Å². The lowest BCUT2D eigenvalue weighted by Crippen LogP contribution is -2.45. The molecule has 0 unspecified atom stereocenters. The van der Waals surface area contributed by atoms with Gasteiger partial charge in [0.05, 0.1) is 27.0 Å². The first-order chi connectivity index (χ1) is 17.2. The number of nitrogens with zero attached hydrogens (tertiary/aromatic N) is 3. The zero-order chi connectivity index (χ0) is 26.0. The highest BCUT2D eigenvalue weighted by molar-refractivity contribution is 5.98. The van der Waals surface area contributed by atoms with Gasteiger partial charge in [0.1, 0.15) is 17.1 Å². The molecule has 1 aromatic carbocycles. The topological polar surface area (TPSA) is 94.3 Å². The van der Waals surface area contributed by atoms with Gasteiger partial charge in [-0.15, -0.1) is 0 Å². The van der Waals surface area contributed by atoms with Crippen molar-refractivity contribution in [1.82, 2.24) is 15.0 Å². The van der Waals surface area contributed by atoms with E-state index in [0.717, 1.165) is 24.8 Å². The molecule has 0 aliphatic carbocycles. The number of methoxy groups -OCH3 is 3. The lowest BCUT2D eigenvalue weighted by Gasteiger charge is -2.39. The Hall–Kier alpha value is -3.49. The van der Waals surface area contributed by atoms with Crippen molar-refractivity contribution in [1.29, 1.82) is 0 Å². The van der Waals surface area contributed by atoms with E-state index in [1.165, 1.54) is 0 Å². The number of piperidine rings is 1. The smallest absolute Gasteiger partial charge is 0.259 e. The molecular weight excluding hydrogens is 462 g/mol. The maximum Gasteiger partial charge on any atom is 0.259 e. The molecule has 1 spiro atoms. The van der Waals surface area contributed by atoms with Crippen LogP contribution in [0.3, 0.4) is 0 Å². The summed E-state index contributed by atoms with van der Waals surface area (Å²) in [4.78, 5) is 30.2. The summed E-state index contributed by atoms with van der Waals surface area (Å²) in [5.74, 6) is 2.29. The summed E-state index contributed by atoms with van der Waals surface area (Å²) < 4.78 is 21.5. The number of aromatic nitrogens is 1. The van der Waals surface area contributed by atoms with Gasteiger partial charge in [-0.25, -0.2) is 0 Å². The Morgan fingerprint density at radius 2 is 1.53 bits per heavy atom. The maximum absolute atomic E-state index is 13.3. The third-order valence-electron chi connectivity index (χ3n) is 7.53. The maximum atomic E-state index is 13.3. The number of hydrogen-bond donors (Lipinski definition) is 0. The second-order valence-corrected chi connectivity index (χ2v) is 9.74. The lowest BCUT2D eigenvalue weighted by molar-refractivity contribution is -0.126. The predicted octanol–water partition coefficient (Wildman–Crippen LogP) is 3.88. The fraction of sp³-hybridized carbons (Fsp3) is 0.519. The zero-order valence-corrected chi connectivity index (χ0v) is 22.0. The molecule has 2 amide bonds. The van der Waals surface area contributed by atoms with Crippen molar-refractivity contribution in [2.45, 2.75) is 40.0 Å². The van der Waals surface area contributed by atoms with Crippen molar-refractivity contribution >= 4 is 17.9 Å². The van der Waals surface area contributed by atoms with Crippen molar-refractivity contribution in [2.75, 3.05) is 47.5 Å². The van der Waals surface area contributed by atoms with E-state index in [4.69, 9.17) is 18.7 Å². The van der Waals surface area contributed by atoms with Crippen molar-refractivity contribution in [3.63, 3.8) is 0 Å². The first kappa shape index (κ1) is 25.6. The van der Waals surface area contributed by atoms with Crippen LogP contribution in [0.2, 0.25) is 0 Å². The summed E-state index contributed by atoms with van der Waals surface area (Å²) in [6, 6.07) is 3.57. The number of hydrogen-bond acceptors (Lipinski definition) is 7. The van der Waals surface area contributed by atoms with Gasteiger partial charge < -0.3 is 28.5 Å². The number of benzene rings is 1. The molecule has 2 aliphatic heterocycles. The standard InChI is InChI=1S/C27H35N3O6/c1-17(13-20-14-22(34-5)23(35-6)15-21(20)33-4)25(31)30-12-9-27(16-30)7-10-29(11-8-27)26(32)24-18(2)28-36-19(24)3/h13-15H,7-12,16H2,1-6H3/b17-13+. The Bertz CT molecular complexity index is 1160. The van der Waals surface area contributed by atoms with Crippen LogP contribution < -0.4 is 14.2 Å². The van der Waals surface area contributed by atoms with Gasteiger partial charge in [0, 0.05) is 43.4 Å². The van der Waals surface area contributed by atoms with Crippen LogP contribution in [-0.2, 0) is 4.79 Å². The van der Waals surface area contributed by atoms with Crippen LogP contribution >= 0.6 is 0 Å². The van der Waals surface area contributed by atoms with Crippen LogP contribution in [-0.4, -0.2) is 74.3 Å². The highest BCUT2D eigenvalue weighted by atomic mass is 16.5. The molecule has 1 aromatic heterocycles. The molecule has 3 heterocycles. The number of amides is 2. The molecule has 0 radical (unpaired) electrons. The van der Waals surface area contributed by atoms with Gasteiger partial charge >= 0.3 is 0 Å². The van der Waals surface area contributed by atoms with Crippen LogP contribution in [0.15, 0.2) is 22.2 Å². The number of rotatable bonds is 6. The van der Waals surface area contributed by atoms with Crippen molar-refractivity contribution in [2.24, 2.45) is 5.41 Å². The largest absolute Gasteiger partial charge is 0.496 e. The summed E-state index contributed by atoms with van der Waals surface area (Å²) in [5, 5.41) is 3.91. The Balaban J connectivity index is 1.42. The van der Waals surface area contributed by atoms with Gasteiger partial charge in [0.15, 0.2) is 11.5 Å². The van der Waals surface area contributed by atoms with Gasteiger partial charge in [-0.2, -0.15) is 0 Å². The molecule has 4 rings (SSSR count). The fourth-order valence-corrected chi connectivity index (χ4v) is 5.36. The Morgan fingerprint density at radius 3 is 2.08 bits per heavy atom. The van der Waals surface area contributed by atoms with Crippen molar-refractivity contribution in [3.05, 3.63) is 40.3 Å². The average molecular weight is 498 g/mol. The predicted molar refractivity (Wildman–Crippen MR) is 134 cm³/mol. The molecule has 0 atom stereocenters. The summed E-state index contributed by atoms with van der Waals surface area (Å²) in [6.45, 7) is 8.15. The average Bonchev–Trinajstić information content (AvgIpc) is 3.45. The Morgan fingerprint density at radius 1 is 0.944 bits per heavy atom. The number of aryl methyl sites for hydroxylation is 2. The van der Waals surface area contributed by atoms with Crippen molar-refractivity contribution in [3.8, 4) is 17.2 Å². The molecule has 194 valence electrons. The fourth-order valence-electron chi connectivity index (χ4n) is 5.36. The van der Waals surface area contributed by atoms with Gasteiger partial charge in [0.25, 0.3) is 5.91 Å². The van der Waals surface area contributed by atoms with Crippen LogP contribution in [0.1, 0.15) is 53.6 Å².